The molecule has 0 fully saturated rings. The Morgan fingerprint density at radius 3 is 2.62 bits per heavy atom. The van der Waals surface area contributed by atoms with E-state index in [4.69, 9.17) is 10.5 Å². The zero-order valence-electron chi connectivity index (χ0n) is 17.0. The van der Waals surface area contributed by atoms with Crippen molar-refractivity contribution in [2.45, 2.75) is 46.3 Å². The summed E-state index contributed by atoms with van der Waals surface area (Å²) in [5.74, 6) is -1.04. The first-order valence-corrected chi connectivity index (χ1v) is 9.31. The zero-order chi connectivity index (χ0) is 21.3. The molecule has 1 aromatic carbocycles. The van der Waals surface area contributed by atoms with Crippen LogP contribution >= 0.6 is 0 Å². The summed E-state index contributed by atoms with van der Waals surface area (Å²) in [5.41, 5.74) is 7.43. The number of nitrogens with one attached hydrogen (secondary N) is 1. The maximum Gasteiger partial charge on any atom is 0.410 e. The van der Waals surface area contributed by atoms with Crippen molar-refractivity contribution in [2.75, 3.05) is 17.2 Å². The van der Waals surface area contributed by atoms with Crippen molar-refractivity contribution in [1.29, 1.82) is 0 Å². The van der Waals surface area contributed by atoms with E-state index in [1.54, 1.807) is 45.0 Å². The highest BCUT2D eigenvalue weighted by molar-refractivity contribution is 6.20. The van der Waals surface area contributed by atoms with Crippen molar-refractivity contribution in [3.05, 3.63) is 41.2 Å². The quantitative estimate of drug-likeness (QED) is 0.748. The van der Waals surface area contributed by atoms with Crippen molar-refractivity contribution in [2.24, 2.45) is 0 Å². The summed E-state index contributed by atoms with van der Waals surface area (Å²) < 4.78 is 5.43. The average Bonchev–Trinajstić information content (AvgIpc) is 3.03. The van der Waals surface area contributed by atoms with Crippen molar-refractivity contribution >= 4 is 29.3 Å². The molecule has 29 heavy (non-hydrogen) atoms. The van der Waals surface area contributed by atoms with Gasteiger partial charge >= 0.3 is 6.09 Å². The van der Waals surface area contributed by atoms with Crippen LogP contribution in [0.5, 0.6) is 0 Å². The molecule has 0 saturated carbocycles. The minimum Gasteiger partial charge on any atom is -0.444 e. The molecule has 1 aliphatic rings. The highest BCUT2D eigenvalue weighted by Gasteiger charge is 2.33. The second-order valence-corrected chi connectivity index (χ2v) is 7.94. The van der Waals surface area contributed by atoms with Crippen molar-refractivity contribution < 1.29 is 19.1 Å². The van der Waals surface area contributed by atoms with E-state index in [0.717, 1.165) is 10.6 Å². The number of H-pyrrole nitrogens is 1. The van der Waals surface area contributed by atoms with Crippen LogP contribution in [0.25, 0.3) is 0 Å². The summed E-state index contributed by atoms with van der Waals surface area (Å²) in [6.07, 6.45) is 0.0507. The van der Waals surface area contributed by atoms with E-state index in [1.165, 1.54) is 11.8 Å². The number of rotatable bonds is 2. The lowest BCUT2D eigenvalue weighted by Crippen LogP contribution is -2.41. The maximum absolute atomic E-state index is 13.2. The van der Waals surface area contributed by atoms with E-state index in [9.17, 15) is 14.4 Å². The molecule has 0 radical (unpaired) electrons. The van der Waals surface area contributed by atoms with Crippen LogP contribution in [0.1, 0.15) is 49.4 Å². The van der Waals surface area contributed by atoms with Crippen LogP contribution in [-0.2, 0) is 22.5 Å². The first-order valence-electron chi connectivity index (χ1n) is 9.31. The van der Waals surface area contributed by atoms with E-state index in [1.807, 2.05) is 0 Å². The minimum absolute atomic E-state index is 0.103. The van der Waals surface area contributed by atoms with Crippen LogP contribution in [-0.4, -0.2) is 45.2 Å². The first-order chi connectivity index (χ1) is 13.6. The highest BCUT2D eigenvalue weighted by Crippen LogP contribution is 2.26. The molecule has 154 valence electrons. The average molecular weight is 399 g/mol. The molecule has 2 aromatic rings. The monoisotopic (exact) mass is 399 g/mol. The summed E-state index contributed by atoms with van der Waals surface area (Å²) in [4.78, 5) is 40.4. The lowest BCUT2D eigenvalue weighted by molar-refractivity contribution is -0.115. The van der Waals surface area contributed by atoms with Crippen LogP contribution in [0.4, 0.5) is 16.2 Å². The third-order valence-electron chi connectivity index (χ3n) is 4.43. The molecule has 1 aromatic heterocycles. The van der Waals surface area contributed by atoms with E-state index >= 15 is 0 Å². The SMILES string of the molecule is CC(=O)N(C(=O)c1n[nH]c2c1CN(C(=O)OC(C)(C)C)CC2)c1cccc(N)c1. The van der Waals surface area contributed by atoms with Gasteiger partial charge in [-0.1, -0.05) is 6.07 Å². The molecule has 0 atom stereocenters. The van der Waals surface area contributed by atoms with Crippen LogP contribution < -0.4 is 10.6 Å². The van der Waals surface area contributed by atoms with Gasteiger partial charge in [0, 0.05) is 36.8 Å². The molecule has 2 heterocycles. The van der Waals surface area contributed by atoms with Crippen molar-refractivity contribution in [3.63, 3.8) is 0 Å². The third kappa shape index (κ3) is 4.39. The number of carbonyl (C=O) groups excluding carboxylic acids is 3. The van der Waals surface area contributed by atoms with Gasteiger partial charge in [0.15, 0.2) is 5.69 Å². The number of nitrogen functional groups attached to an aromatic ring is 1. The standard InChI is InChI=1S/C20H25N5O4/c1-12(26)25(14-7-5-6-13(21)10-14)18(27)17-15-11-24(9-8-16(15)22-23-17)19(28)29-20(2,3)4/h5-7,10H,8-9,11,21H2,1-4H3,(H,22,23). The van der Waals surface area contributed by atoms with Crippen LogP contribution in [0.15, 0.2) is 24.3 Å². The normalized spacial score (nSPS) is 13.6. The molecule has 9 heteroatoms. The fourth-order valence-electron chi connectivity index (χ4n) is 3.17. The molecular formula is C20H25N5O4. The molecule has 0 saturated heterocycles. The molecule has 0 aliphatic carbocycles. The zero-order valence-corrected chi connectivity index (χ0v) is 17.0. The van der Waals surface area contributed by atoms with Gasteiger partial charge < -0.3 is 15.4 Å². The number of ether oxygens (including phenoxy) is 1. The maximum atomic E-state index is 13.2. The number of amides is 3. The number of hydrogen-bond acceptors (Lipinski definition) is 6. The Kier molecular flexibility index (Phi) is 5.32. The number of benzene rings is 1. The number of fused-ring (bicyclic) bond motifs is 1. The summed E-state index contributed by atoms with van der Waals surface area (Å²) in [6.45, 7) is 7.30. The molecule has 0 unspecified atom stereocenters. The molecular weight excluding hydrogens is 374 g/mol. The number of nitrogens with two attached hydrogens (primary N) is 1. The molecule has 1 aliphatic heterocycles. The van der Waals surface area contributed by atoms with Gasteiger partial charge in [0.25, 0.3) is 5.91 Å². The smallest absolute Gasteiger partial charge is 0.410 e. The number of aromatic nitrogens is 2. The van der Waals surface area contributed by atoms with Crippen molar-refractivity contribution in [1.82, 2.24) is 15.1 Å². The minimum atomic E-state index is -0.620. The summed E-state index contributed by atoms with van der Waals surface area (Å²) in [7, 11) is 0. The Balaban J connectivity index is 1.89. The second kappa shape index (κ2) is 7.57. The molecule has 3 N–H and O–H groups in total. The van der Waals surface area contributed by atoms with E-state index in [-0.39, 0.29) is 12.2 Å². The van der Waals surface area contributed by atoms with Crippen LogP contribution in [0, 0.1) is 0 Å². The second-order valence-electron chi connectivity index (χ2n) is 7.94. The Labute approximate surface area is 168 Å². The Hall–Kier alpha value is -3.36. The van der Waals surface area contributed by atoms with Gasteiger partial charge in [0.1, 0.15) is 5.60 Å². The molecule has 0 bridgehead atoms. The summed E-state index contributed by atoms with van der Waals surface area (Å²) in [5, 5.41) is 7.00. The lowest BCUT2D eigenvalue weighted by Gasteiger charge is -2.30. The van der Waals surface area contributed by atoms with E-state index in [0.29, 0.717) is 29.9 Å². The number of aromatic amines is 1. The predicted octanol–water partition coefficient (Wildman–Crippen LogP) is 2.48. The van der Waals surface area contributed by atoms with Gasteiger partial charge in [0.2, 0.25) is 5.91 Å². The number of imide groups is 1. The summed E-state index contributed by atoms with van der Waals surface area (Å²) in [6, 6.07) is 6.51. The van der Waals surface area contributed by atoms with Gasteiger partial charge in [-0.15, -0.1) is 0 Å². The van der Waals surface area contributed by atoms with E-state index < -0.39 is 23.5 Å². The molecule has 3 rings (SSSR count). The fourth-order valence-corrected chi connectivity index (χ4v) is 3.17. The molecule has 3 amide bonds. The van der Waals surface area contributed by atoms with Crippen LogP contribution in [0.2, 0.25) is 0 Å². The first kappa shape index (κ1) is 20.4. The molecule has 0 spiro atoms. The number of hydrogen-bond donors (Lipinski definition) is 2. The van der Waals surface area contributed by atoms with Gasteiger partial charge in [-0.3, -0.25) is 14.7 Å². The highest BCUT2D eigenvalue weighted by atomic mass is 16.6. The van der Waals surface area contributed by atoms with Crippen molar-refractivity contribution in [3.8, 4) is 0 Å². The Morgan fingerprint density at radius 2 is 2.00 bits per heavy atom. The predicted molar refractivity (Wildman–Crippen MR) is 107 cm³/mol. The topological polar surface area (TPSA) is 122 Å². The number of nitrogens with zero attached hydrogens (tertiary/aromatic N) is 3. The fraction of sp³-hybridized carbons (Fsp3) is 0.400. The summed E-state index contributed by atoms with van der Waals surface area (Å²) >= 11 is 0. The Morgan fingerprint density at radius 1 is 1.28 bits per heavy atom. The Bertz CT molecular complexity index is 960. The van der Waals surface area contributed by atoms with Gasteiger partial charge in [-0.25, -0.2) is 9.69 Å². The molecule has 9 nitrogen and oxygen atoms in total. The third-order valence-corrected chi connectivity index (χ3v) is 4.43. The van der Waals surface area contributed by atoms with Crippen LogP contribution in [0.3, 0.4) is 0 Å². The van der Waals surface area contributed by atoms with Gasteiger partial charge in [-0.2, -0.15) is 5.10 Å². The van der Waals surface area contributed by atoms with E-state index in [2.05, 4.69) is 10.2 Å². The van der Waals surface area contributed by atoms with Gasteiger partial charge in [-0.05, 0) is 39.0 Å². The lowest BCUT2D eigenvalue weighted by atomic mass is 10.0. The number of anilines is 2. The van der Waals surface area contributed by atoms with Gasteiger partial charge in [0.05, 0.1) is 12.2 Å². The largest absolute Gasteiger partial charge is 0.444 e. The number of carbonyl (C=O) groups is 3.